The van der Waals surface area contributed by atoms with E-state index >= 15 is 0 Å². The quantitative estimate of drug-likeness (QED) is 0.158. The summed E-state index contributed by atoms with van der Waals surface area (Å²) in [6.07, 6.45) is 5.33. The zero-order chi connectivity index (χ0) is 34.6. The number of piperidine rings is 1. The Balaban J connectivity index is 1.87. The summed E-state index contributed by atoms with van der Waals surface area (Å²) in [5.41, 5.74) is 2.60. The van der Waals surface area contributed by atoms with E-state index in [1.54, 1.807) is 7.11 Å². The van der Waals surface area contributed by atoms with Crippen LogP contribution in [0.25, 0.3) is 0 Å². The van der Waals surface area contributed by atoms with Crippen LogP contribution < -0.4 is 4.74 Å². The molecule has 1 aliphatic heterocycles. The van der Waals surface area contributed by atoms with Gasteiger partial charge in [0.05, 0.1) is 37.5 Å². The van der Waals surface area contributed by atoms with E-state index in [1.165, 1.54) is 0 Å². The number of methoxy groups -OCH3 is 1. The van der Waals surface area contributed by atoms with Crippen LogP contribution in [0.15, 0.2) is 67.3 Å². The Morgan fingerprint density at radius 1 is 0.979 bits per heavy atom. The largest absolute Gasteiger partial charge is 0.497 e. The van der Waals surface area contributed by atoms with Crippen LogP contribution in [0.5, 0.6) is 5.75 Å². The fourth-order valence-electron chi connectivity index (χ4n) is 8.85. The van der Waals surface area contributed by atoms with Crippen LogP contribution in [0.3, 0.4) is 0 Å². The lowest BCUT2D eigenvalue weighted by atomic mass is 9.64. The van der Waals surface area contributed by atoms with Gasteiger partial charge in [0.2, 0.25) is 8.32 Å². The predicted octanol–water partition coefficient (Wildman–Crippen LogP) is 10.1. The van der Waals surface area contributed by atoms with Crippen LogP contribution in [0.4, 0.5) is 4.79 Å². The van der Waals surface area contributed by atoms with Crippen molar-refractivity contribution in [2.75, 3.05) is 7.11 Å². The fourth-order valence-corrected chi connectivity index (χ4v) is 14.5. The lowest BCUT2D eigenvalue weighted by Gasteiger charge is -2.61. The van der Waals surface area contributed by atoms with Gasteiger partial charge in [0, 0.05) is 5.92 Å². The number of hydrogen-bond acceptors (Lipinski definition) is 5. The molecule has 260 valence electrons. The molecule has 2 bridgehead atoms. The fraction of sp³-hybridized carbons (Fsp3) is 0.625. The molecular weight excluding hydrogens is 603 g/mol. The maximum Gasteiger partial charge on any atom is 0.411 e. The van der Waals surface area contributed by atoms with Crippen molar-refractivity contribution >= 4 is 14.4 Å². The molecule has 0 radical (unpaired) electrons. The second-order valence-corrected chi connectivity index (χ2v) is 21.2. The van der Waals surface area contributed by atoms with E-state index in [0.29, 0.717) is 36.1 Å². The van der Waals surface area contributed by atoms with Gasteiger partial charge in [-0.05, 0) is 92.8 Å². The number of nitrogens with zero attached hydrogens (tertiary/aromatic N) is 1. The highest BCUT2D eigenvalue weighted by atomic mass is 28.4. The molecular formula is C40H61NO5Si. The smallest absolute Gasteiger partial charge is 0.411 e. The van der Waals surface area contributed by atoms with E-state index in [1.807, 2.05) is 45.0 Å². The van der Waals surface area contributed by atoms with Gasteiger partial charge in [0.25, 0.3) is 0 Å². The van der Waals surface area contributed by atoms with Crippen molar-refractivity contribution in [1.29, 1.82) is 0 Å². The van der Waals surface area contributed by atoms with Crippen molar-refractivity contribution in [3.8, 4) is 5.75 Å². The Bertz CT molecular complexity index is 1280. The van der Waals surface area contributed by atoms with Gasteiger partial charge >= 0.3 is 6.09 Å². The van der Waals surface area contributed by atoms with Crippen molar-refractivity contribution < 1.29 is 23.4 Å². The first-order valence-corrected chi connectivity index (χ1v) is 19.9. The molecule has 47 heavy (non-hydrogen) atoms. The Hall–Kier alpha value is -2.61. The average molecular weight is 664 g/mol. The number of benzene rings is 2. The van der Waals surface area contributed by atoms with Gasteiger partial charge in [-0.25, -0.2) is 4.79 Å². The number of ether oxygens (including phenoxy) is 3. The van der Waals surface area contributed by atoms with Crippen LogP contribution in [-0.2, 0) is 26.9 Å². The Labute approximate surface area is 286 Å². The molecule has 1 aliphatic carbocycles. The van der Waals surface area contributed by atoms with Gasteiger partial charge in [0.15, 0.2) is 0 Å². The van der Waals surface area contributed by atoms with Crippen molar-refractivity contribution in [3.05, 3.63) is 78.4 Å². The molecule has 7 heteroatoms. The van der Waals surface area contributed by atoms with Crippen LogP contribution in [0, 0.1) is 5.92 Å². The van der Waals surface area contributed by atoms with Crippen molar-refractivity contribution in [2.45, 2.75) is 147 Å². The average Bonchev–Trinajstić information content (AvgIpc) is 3.00. The minimum atomic E-state index is -2.20. The summed E-state index contributed by atoms with van der Waals surface area (Å²) in [5, 5.41) is 0. The summed E-state index contributed by atoms with van der Waals surface area (Å²) in [6, 6.07) is 18.3. The number of likely N-dealkylation sites (tertiary alicyclic amines) is 1. The van der Waals surface area contributed by atoms with Crippen LogP contribution in [0.1, 0.15) is 99.1 Å². The molecule has 0 aromatic heterocycles. The zero-order valence-corrected chi connectivity index (χ0v) is 31.8. The van der Waals surface area contributed by atoms with Crippen molar-refractivity contribution in [3.63, 3.8) is 0 Å². The second kappa shape index (κ2) is 15.3. The van der Waals surface area contributed by atoms with E-state index in [4.69, 9.17) is 18.6 Å². The SMILES string of the molecule is C=CC[C@]12CC[C@@H](O[Si](C(C)C)(C(C)C)C(C)C)[C@H](C1)[C@H](OCc1ccccc1)[C@H](Cc1ccc(OC)cc1)N2C(=O)OC(C)(C)C. The summed E-state index contributed by atoms with van der Waals surface area (Å²) >= 11 is 0. The van der Waals surface area contributed by atoms with Gasteiger partial charge in [-0.1, -0.05) is 90.1 Å². The summed E-state index contributed by atoms with van der Waals surface area (Å²) in [4.78, 5) is 16.5. The number of fused-ring (bicyclic) bond motifs is 2. The van der Waals surface area contributed by atoms with E-state index in [2.05, 4.69) is 89.4 Å². The lowest BCUT2D eigenvalue weighted by molar-refractivity contribution is -0.173. The van der Waals surface area contributed by atoms with E-state index < -0.39 is 19.5 Å². The number of rotatable bonds is 13. The molecule has 6 nitrogen and oxygen atoms in total. The summed E-state index contributed by atoms with van der Waals surface area (Å²) in [7, 11) is -0.519. The number of hydrogen-bond donors (Lipinski definition) is 0. The molecule has 4 rings (SSSR count). The molecule has 2 aliphatic rings. The van der Waals surface area contributed by atoms with E-state index in [9.17, 15) is 4.79 Å². The molecule has 1 heterocycles. The molecule has 2 aromatic rings. The summed E-state index contributed by atoms with van der Waals surface area (Å²) in [6.45, 7) is 24.6. The first-order valence-electron chi connectivity index (χ1n) is 17.8. The lowest BCUT2D eigenvalue weighted by Crippen LogP contribution is -2.71. The van der Waals surface area contributed by atoms with Crippen LogP contribution >= 0.6 is 0 Å². The molecule has 1 amide bonds. The molecule has 0 spiro atoms. The topological polar surface area (TPSA) is 57.2 Å². The molecule has 1 saturated carbocycles. The summed E-state index contributed by atoms with van der Waals surface area (Å²) < 4.78 is 26.4. The van der Waals surface area contributed by atoms with Crippen molar-refractivity contribution in [2.24, 2.45) is 5.92 Å². The Morgan fingerprint density at radius 2 is 1.60 bits per heavy atom. The molecule has 2 aromatic carbocycles. The van der Waals surface area contributed by atoms with Gasteiger partial charge in [0.1, 0.15) is 11.4 Å². The number of carbonyl (C=O) groups is 1. The van der Waals surface area contributed by atoms with Gasteiger partial charge in [-0.2, -0.15) is 0 Å². The minimum Gasteiger partial charge on any atom is -0.497 e. The third-order valence-corrected chi connectivity index (χ3v) is 16.8. The van der Waals surface area contributed by atoms with Crippen LogP contribution in [-0.4, -0.2) is 55.8 Å². The normalized spacial score (nSPS) is 24.9. The highest BCUT2D eigenvalue weighted by molar-refractivity contribution is 6.77. The Morgan fingerprint density at radius 3 is 2.13 bits per heavy atom. The predicted molar refractivity (Wildman–Crippen MR) is 194 cm³/mol. The third-order valence-electron chi connectivity index (χ3n) is 10.7. The highest BCUT2D eigenvalue weighted by Gasteiger charge is 2.60. The maximum absolute atomic E-state index is 14.5. The molecule has 5 atom stereocenters. The Kier molecular flexibility index (Phi) is 12.1. The van der Waals surface area contributed by atoms with Crippen molar-refractivity contribution in [1.82, 2.24) is 4.90 Å². The molecule has 2 fully saturated rings. The molecule has 1 saturated heterocycles. The second-order valence-electron chi connectivity index (χ2n) is 15.8. The molecule has 0 unspecified atom stereocenters. The van der Waals surface area contributed by atoms with Crippen LogP contribution in [0.2, 0.25) is 16.6 Å². The van der Waals surface area contributed by atoms with E-state index in [0.717, 1.165) is 36.1 Å². The maximum atomic E-state index is 14.5. The van der Waals surface area contributed by atoms with Gasteiger partial charge < -0.3 is 18.6 Å². The first kappa shape index (κ1) is 37.2. The zero-order valence-electron chi connectivity index (χ0n) is 30.8. The highest BCUT2D eigenvalue weighted by Crippen LogP contribution is 2.53. The van der Waals surface area contributed by atoms with Gasteiger partial charge in [-0.15, -0.1) is 6.58 Å². The molecule has 0 N–H and O–H groups in total. The minimum absolute atomic E-state index is 0.0479. The third kappa shape index (κ3) is 8.17. The first-order chi connectivity index (χ1) is 22.2. The number of amides is 1. The number of carbonyl (C=O) groups excluding carboxylic acids is 1. The monoisotopic (exact) mass is 663 g/mol. The standard InChI is InChI=1S/C40H61NO5Si/c1-12-23-40-24-22-36(46-47(28(2)3,29(4)5)30(6)7)34(26-40)37(44-27-32-16-14-13-15-17-32)35(41(40)38(42)45-39(8,9)10)25-31-18-20-33(43-11)21-19-31/h12-21,28-30,34-37H,1,22-27H2,2-11H3/t34-,35-,36+,37-,40-/m0/s1. The summed E-state index contributed by atoms with van der Waals surface area (Å²) in [5.74, 6) is 0.918. The van der Waals surface area contributed by atoms with E-state index in [-0.39, 0.29) is 30.3 Å². The van der Waals surface area contributed by atoms with Gasteiger partial charge in [-0.3, -0.25) is 4.90 Å².